The van der Waals surface area contributed by atoms with E-state index in [1.807, 2.05) is 35.8 Å². The minimum absolute atomic E-state index is 0. The van der Waals surface area contributed by atoms with E-state index in [0.717, 1.165) is 74.2 Å². The number of thiazole rings is 1. The van der Waals surface area contributed by atoms with Gasteiger partial charge in [0.1, 0.15) is 5.82 Å². The van der Waals surface area contributed by atoms with Crippen LogP contribution in [0.3, 0.4) is 0 Å². The van der Waals surface area contributed by atoms with Gasteiger partial charge >= 0.3 is 0 Å². The molecule has 0 spiro atoms. The number of morpholine rings is 1. The van der Waals surface area contributed by atoms with Gasteiger partial charge in [0, 0.05) is 48.9 Å². The van der Waals surface area contributed by atoms with E-state index in [1.165, 1.54) is 5.69 Å². The van der Waals surface area contributed by atoms with Crippen molar-refractivity contribution in [2.75, 3.05) is 49.9 Å². The summed E-state index contributed by atoms with van der Waals surface area (Å²) in [4.78, 5) is 23.0. The number of aliphatic carboxylic acids is 1. The number of halogens is 1. The van der Waals surface area contributed by atoms with Crippen LogP contribution in [0.1, 0.15) is 41.4 Å². The fraction of sp³-hybridized carbons (Fsp3) is 0.444. The molecule has 1 saturated heterocycles. The Kier molecular flexibility index (Phi) is 10.0. The maximum absolute atomic E-state index is 11.4. The zero-order chi connectivity index (χ0) is 25.5. The zero-order valence-electron chi connectivity index (χ0n) is 21.1. The molecule has 1 fully saturated rings. The minimum atomic E-state index is -1.07. The van der Waals surface area contributed by atoms with E-state index in [4.69, 9.17) is 19.2 Å². The van der Waals surface area contributed by atoms with Crippen LogP contribution in [-0.2, 0) is 22.4 Å². The molecule has 0 aliphatic carbocycles. The first kappa shape index (κ1) is 27.9. The third-order valence-corrected chi connectivity index (χ3v) is 7.54. The van der Waals surface area contributed by atoms with Crippen LogP contribution in [0.25, 0.3) is 0 Å². The van der Waals surface area contributed by atoms with Crippen LogP contribution in [0.2, 0.25) is 0 Å². The van der Waals surface area contributed by atoms with Crippen molar-refractivity contribution in [1.82, 2.24) is 9.97 Å². The van der Waals surface area contributed by atoms with Gasteiger partial charge in [-0.1, -0.05) is 6.07 Å². The fourth-order valence-corrected chi connectivity index (χ4v) is 5.49. The van der Waals surface area contributed by atoms with Gasteiger partial charge in [-0.05, 0) is 61.8 Å². The van der Waals surface area contributed by atoms with Crippen LogP contribution >= 0.6 is 23.7 Å². The molecule has 1 aromatic carbocycles. The Labute approximate surface area is 232 Å². The van der Waals surface area contributed by atoms with Crippen LogP contribution < -0.4 is 24.8 Å². The number of pyridine rings is 1. The summed E-state index contributed by atoms with van der Waals surface area (Å²) in [7, 11) is 0. The second kappa shape index (κ2) is 13.6. The average Bonchev–Trinajstić information content (AvgIpc) is 3.57. The van der Waals surface area contributed by atoms with Crippen molar-refractivity contribution in [3.05, 3.63) is 58.2 Å². The molecule has 204 valence electrons. The number of nitrogens with one attached hydrogen (secondary N) is 1. The fourth-order valence-electron chi connectivity index (χ4n) is 4.64. The zero-order valence-corrected chi connectivity index (χ0v) is 22.7. The van der Waals surface area contributed by atoms with Crippen LogP contribution in [0.5, 0.6) is 11.5 Å². The van der Waals surface area contributed by atoms with E-state index in [1.54, 1.807) is 11.3 Å². The molecule has 3 aromatic rings. The second-order valence-electron chi connectivity index (χ2n) is 9.21. The molecule has 1 N–H and O–H groups in total. The molecule has 1 atom stereocenters. The summed E-state index contributed by atoms with van der Waals surface area (Å²) in [6.45, 7) is 4.37. The molecule has 0 amide bonds. The summed E-state index contributed by atoms with van der Waals surface area (Å²) in [5.74, 6) is 0.913. The molecule has 2 aromatic heterocycles. The van der Waals surface area contributed by atoms with Crippen molar-refractivity contribution in [3.8, 4) is 11.5 Å². The summed E-state index contributed by atoms with van der Waals surface area (Å²) in [6.07, 6.45) is 5.22. The van der Waals surface area contributed by atoms with E-state index in [2.05, 4.69) is 21.3 Å². The number of aryl methyl sites for hydroxylation is 1. The van der Waals surface area contributed by atoms with E-state index < -0.39 is 5.97 Å². The number of carboxylic acid groups (broad SMARTS) is 1. The van der Waals surface area contributed by atoms with Gasteiger partial charge in [-0.3, -0.25) is 0 Å². The molecule has 38 heavy (non-hydrogen) atoms. The molecule has 5 rings (SSSR count). The van der Waals surface area contributed by atoms with Crippen LogP contribution in [-0.4, -0.2) is 55.6 Å². The Hall–Kier alpha value is -3.08. The van der Waals surface area contributed by atoms with Gasteiger partial charge in [0.2, 0.25) is 6.79 Å². The van der Waals surface area contributed by atoms with Crippen molar-refractivity contribution in [3.63, 3.8) is 0 Å². The Morgan fingerprint density at radius 2 is 1.97 bits per heavy atom. The number of hydrogen-bond donors (Lipinski definition) is 1. The first-order valence-corrected chi connectivity index (χ1v) is 13.6. The number of hydrogen-bond acceptors (Lipinski definition) is 10. The SMILES string of the molecule is Cl.O=C([O-])CC(Cc1csc(CCCCNc2cc(N3CCOCC3)ccn2)n1)c1ccc2c(c1)OCO2. The molecule has 0 bridgehead atoms. The van der Waals surface area contributed by atoms with E-state index in [0.29, 0.717) is 17.9 Å². The largest absolute Gasteiger partial charge is 0.550 e. The van der Waals surface area contributed by atoms with Gasteiger partial charge in [-0.2, -0.15) is 0 Å². The molecule has 4 heterocycles. The van der Waals surface area contributed by atoms with Gasteiger partial charge in [0.25, 0.3) is 0 Å². The van der Waals surface area contributed by atoms with Crippen molar-refractivity contribution in [2.24, 2.45) is 0 Å². The molecule has 11 heteroatoms. The number of aromatic nitrogens is 2. The standard InChI is InChI=1S/C27H32N4O5S.ClH/c32-27(33)15-20(19-4-5-23-24(14-19)36-18-35-23)13-21-17-37-26(30-21)3-1-2-7-28-25-16-22(6-8-29-25)31-9-11-34-12-10-31;/h4-6,8,14,16-17,20H,1-3,7,9-13,15,18H2,(H,28,29)(H,32,33);1H/p-1. The summed E-state index contributed by atoms with van der Waals surface area (Å²) in [6, 6.07) is 9.73. The maximum atomic E-state index is 11.4. The van der Waals surface area contributed by atoms with Gasteiger partial charge < -0.3 is 34.3 Å². The second-order valence-corrected chi connectivity index (χ2v) is 10.1. The van der Waals surface area contributed by atoms with Crippen LogP contribution in [0.15, 0.2) is 41.9 Å². The highest BCUT2D eigenvalue weighted by molar-refractivity contribution is 7.09. The Morgan fingerprint density at radius 1 is 1.13 bits per heavy atom. The van der Waals surface area contributed by atoms with Crippen molar-refractivity contribution >= 4 is 41.2 Å². The van der Waals surface area contributed by atoms with Crippen LogP contribution in [0, 0.1) is 0 Å². The molecule has 0 radical (unpaired) electrons. The predicted molar refractivity (Wildman–Crippen MR) is 147 cm³/mol. The van der Waals surface area contributed by atoms with E-state index in [-0.39, 0.29) is 31.5 Å². The number of carbonyl (C=O) groups is 1. The van der Waals surface area contributed by atoms with Crippen molar-refractivity contribution in [2.45, 2.75) is 38.0 Å². The highest BCUT2D eigenvalue weighted by Gasteiger charge is 2.20. The molecular weight excluding hydrogens is 528 g/mol. The molecule has 2 aliphatic heterocycles. The summed E-state index contributed by atoms with van der Waals surface area (Å²) < 4.78 is 16.3. The van der Waals surface area contributed by atoms with Crippen molar-refractivity contribution in [1.29, 1.82) is 0 Å². The maximum Gasteiger partial charge on any atom is 0.231 e. The lowest BCUT2D eigenvalue weighted by Crippen LogP contribution is -2.36. The Bertz CT molecular complexity index is 1200. The topological polar surface area (TPSA) is 109 Å². The Balaban J connectivity index is 0.00000336. The predicted octanol–water partition coefficient (Wildman–Crippen LogP) is 3.43. The average molecular weight is 560 g/mol. The van der Waals surface area contributed by atoms with Gasteiger partial charge in [-0.25, -0.2) is 9.97 Å². The third-order valence-electron chi connectivity index (χ3n) is 6.58. The first-order valence-electron chi connectivity index (χ1n) is 12.7. The molecular formula is C27H32ClN4O5S-. The van der Waals surface area contributed by atoms with E-state index in [9.17, 15) is 9.90 Å². The lowest BCUT2D eigenvalue weighted by molar-refractivity contribution is -0.306. The number of benzene rings is 1. The number of carbonyl (C=O) groups excluding carboxylic acids is 1. The summed E-state index contributed by atoms with van der Waals surface area (Å²) in [5.41, 5.74) is 2.97. The summed E-state index contributed by atoms with van der Waals surface area (Å²) in [5, 5.41) is 17.9. The van der Waals surface area contributed by atoms with Crippen molar-refractivity contribution < 1.29 is 24.1 Å². The lowest BCUT2D eigenvalue weighted by Gasteiger charge is -2.29. The molecule has 0 saturated carbocycles. The number of carboxylic acids is 1. The van der Waals surface area contributed by atoms with Gasteiger partial charge in [-0.15, -0.1) is 23.7 Å². The lowest BCUT2D eigenvalue weighted by atomic mass is 9.91. The molecule has 1 unspecified atom stereocenters. The third kappa shape index (κ3) is 7.49. The monoisotopic (exact) mass is 559 g/mol. The highest BCUT2D eigenvalue weighted by atomic mass is 35.5. The minimum Gasteiger partial charge on any atom is -0.550 e. The number of rotatable bonds is 12. The highest BCUT2D eigenvalue weighted by Crippen LogP contribution is 2.36. The molecule has 2 aliphatic rings. The number of ether oxygens (including phenoxy) is 3. The quantitative estimate of drug-likeness (QED) is 0.334. The first-order chi connectivity index (χ1) is 18.1. The number of nitrogens with zero attached hydrogens (tertiary/aromatic N) is 3. The summed E-state index contributed by atoms with van der Waals surface area (Å²) >= 11 is 1.63. The number of fused-ring (bicyclic) bond motifs is 1. The van der Waals surface area contributed by atoms with Gasteiger partial charge in [0.05, 0.1) is 23.9 Å². The number of unbranched alkanes of at least 4 members (excludes halogenated alkanes) is 1. The smallest absolute Gasteiger partial charge is 0.231 e. The molecule has 9 nitrogen and oxygen atoms in total. The normalized spacial score (nSPS) is 15.1. The Morgan fingerprint density at radius 3 is 2.82 bits per heavy atom. The van der Waals surface area contributed by atoms with Gasteiger partial charge in [0.15, 0.2) is 11.5 Å². The number of anilines is 2. The van der Waals surface area contributed by atoms with Crippen LogP contribution in [0.4, 0.5) is 11.5 Å². The van der Waals surface area contributed by atoms with E-state index >= 15 is 0 Å².